The summed E-state index contributed by atoms with van der Waals surface area (Å²) in [5.41, 5.74) is 2.68. The molecule has 0 saturated carbocycles. The van der Waals surface area contributed by atoms with Gasteiger partial charge in [-0.1, -0.05) is 31.2 Å². The summed E-state index contributed by atoms with van der Waals surface area (Å²) in [5.74, 6) is 1.46. The van der Waals surface area contributed by atoms with E-state index in [1.165, 1.54) is 11.1 Å². The molecule has 4 heteroatoms. The number of hydrogen-bond donors (Lipinski definition) is 2. The Morgan fingerprint density at radius 1 is 1.11 bits per heavy atom. The lowest BCUT2D eigenvalue weighted by atomic mass is 10.1. The van der Waals surface area contributed by atoms with Crippen LogP contribution in [-0.4, -0.2) is 17.0 Å². The molecule has 0 aliphatic rings. The molecule has 94 valence electrons. The number of benzene rings is 1. The van der Waals surface area contributed by atoms with Gasteiger partial charge in [0.1, 0.15) is 5.82 Å². The second kappa shape index (κ2) is 6.00. The molecule has 0 aliphatic heterocycles. The van der Waals surface area contributed by atoms with E-state index in [0.717, 1.165) is 18.8 Å². The van der Waals surface area contributed by atoms with Crippen LogP contribution in [0.1, 0.15) is 18.1 Å². The van der Waals surface area contributed by atoms with Crippen molar-refractivity contribution in [2.75, 3.05) is 17.7 Å². The molecule has 2 N–H and O–H groups in total. The third-order valence-corrected chi connectivity index (χ3v) is 2.84. The Hall–Kier alpha value is -2.10. The van der Waals surface area contributed by atoms with Gasteiger partial charge in [0, 0.05) is 19.8 Å². The average Bonchev–Trinajstić information content (AvgIpc) is 2.45. The predicted octanol–water partition coefficient (Wildman–Crippen LogP) is 2.69. The number of aryl methyl sites for hydroxylation is 1. The van der Waals surface area contributed by atoms with E-state index in [1.807, 2.05) is 13.1 Å². The highest BCUT2D eigenvalue weighted by Crippen LogP contribution is 2.12. The van der Waals surface area contributed by atoms with Gasteiger partial charge >= 0.3 is 0 Å². The van der Waals surface area contributed by atoms with Crippen molar-refractivity contribution in [2.45, 2.75) is 19.9 Å². The first-order chi connectivity index (χ1) is 8.83. The summed E-state index contributed by atoms with van der Waals surface area (Å²) in [5, 5.41) is 6.25. The average molecular weight is 242 g/mol. The molecular weight excluding hydrogens is 224 g/mol. The van der Waals surface area contributed by atoms with Gasteiger partial charge in [-0.05, 0) is 23.6 Å². The molecule has 0 unspecified atom stereocenters. The zero-order valence-corrected chi connectivity index (χ0v) is 10.8. The standard InChI is InChI=1S/C14H18N4/c1-3-11-6-4-5-7-12(11)10-17-13-8-9-16-14(15-2)18-13/h4-9H,3,10H2,1-2H3,(H2,15,16,17,18). The Bertz CT molecular complexity index is 511. The van der Waals surface area contributed by atoms with E-state index < -0.39 is 0 Å². The van der Waals surface area contributed by atoms with Crippen LogP contribution in [0.15, 0.2) is 36.5 Å². The lowest BCUT2D eigenvalue weighted by Crippen LogP contribution is -2.05. The molecule has 0 amide bonds. The fourth-order valence-corrected chi connectivity index (χ4v) is 1.84. The minimum Gasteiger partial charge on any atom is -0.366 e. The highest BCUT2D eigenvalue weighted by molar-refractivity contribution is 5.40. The van der Waals surface area contributed by atoms with Gasteiger partial charge in [-0.15, -0.1) is 0 Å². The lowest BCUT2D eigenvalue weighted by Gasteiger charge is -2.10. The van der Waals surface area contributed by atoms with Crippen molar-refractivity contribution in [1.82, 2.24) is 9.97 Å². The lowest BCUT2D eigenvalue weighted by molar-refractivity contribution is 1.03. The van der Waals surface area contributed by atoms with E-state index in [2.05, 4.69) is 51.8 Å². The molecule has 18 heavy (non-hydrogen) atoms. The highest BCUT2D eigenvalue weighted by Gasteiger charge is 2.01. The van der Waals surface area contributed by atoms with Gasteiger partial charge in [0.2, 0.25) is 5.95 Å². The van der Waals surface area contributed by atoms with E-state index in [4.69, 9.17) is 0 Å². The largest absolute Gasteiger partial charge is 0.366 e. The monoisotopic (exact) mass is 242 g/mol. The van der Waals surface area contributed by atoms with Crippen molar-refractivity contribution < 1.29 is 0 Å². The summed E-state index contributed by atoms with van der Waals surface area (Å²) in [7, 11) is 1.81. The maximum absolute atomic E-state index is 4.33. The van der Waals surface area contributed by atoms with Crippen LogP contribution in [0.2, 0.25) is 0 Å². The number of nitrogens with zero attached hydrogens (tertiary/aromatic N) is 2. The summed E-state index contributed by atoms with van der Waals surface area (Å²) < 4.78 is 0. The summed E-state index contributed by atoms with van der Waals surface area (Å²) in [6, 6.07) is 10.3. The van der Waals surface area contributed by atoms with Crippen LogP contribution in [0.5, 0.6) is 0 Å². The van der Waals surface area contributed by atoms with Crippen molar-refractivity contribution in [3.8, 4) is 0 Å². The van der Waals surface area contributed by atoms with Gasteiger partial charge in [0.05, 0.1) is 0 Å². The molecule has 2 rings (SSSR count). The van der Waals surface area contributed by atoms with Crippen LogP contribution in [0, 0.1) is 0 Å². The summed E-state index contributed by atoms with van der Waals surface area (Å²) in [4.78, 5) is 8.41. The maximum atomic E-state index is 4.33. The molecule has 0 aliphatic carbocycles. The van der Waals surface area contributed by atoms with Crippen molar-refractivity contribution in [1.29, 1.82) is 0 Å². The third-order valence-electron chi connectivity index (χ3n) is 2.84. The number of hydrogen-bond acceptors (Lipinski definition) is 4. The maximum Gasteiger partial charge on any atom is 0.224 e. The third kappa shape index (κ3) is 2.97. The van der Waals surface area contributed by atoms with E-state index in [-0.39, 0.29) is 0 Å². The number of aromatic nitrogens is 2. The smallest absolute Gasteiger partial charge is 0.224 e. The molecule has 0 atom stereocenters. The van der Waals surface area contributed by atoms with Gasteiger partial charge in [-0.2, -0.15) is 4.98 Å². The Kier molecular flexibility index (Phi) is 4.12. The van der Waals surface area contributed by atoms with Crippen molar-refractivity contribution in [3.63, 3.8) is 0 Å². The van der Waals surface area contributed by atoms with E-state index in [9.17, 15) is 0 Å². The zero-order chi connectivity index (χ0) is 12.8. The second-order valence-electron chi connectivity index (χ2n) is 3.99. The number of rotatable bonds is 5. The molecule has 0 bridgehead atoms. The Balaban J connectivity index is 2.06. The fourth-order valence-electron chi connectivity index (χ4n) is 1.84. The van der Waals surface area contributed by atoms with Gasteiger partial charge in [-0.3, -0.25) is 0 Å². The Morgan fingerprint density at radius 3 is 2.61 bits per heavy atom. The predicted molar refractivity (Wildman–Crippen MR) is 74.7 cm³/mol. The van der Waals surface area contributed by atoms with Gasteiger partial charge < -0.3 is 10.6 Å². The second-order valence-corrected chi connectivity index (χ2v) is 3.99. The quantitative estimate of drug-likeness (QED) is 0.846. The first-order valence-electron chi connectivity index (χ1n) is 6.15. The van der Waals surface area contributed by atoms with Crippen molar-refractivity contribution in [2.24, 2.45) is 0 Å². The Morgan fingerprint density at radius 2 is 1.89 bits per heavy atom. The van der Waals surface area contributed by atoms with E-state index in [0.29, 0.717) is 5.95 Å². The fraction of sp³-hybridized carbons (Fsp3) is 0.286. The van der Waals surface area contributed by atoms with Crippen LogP contribution < -0.4 is 10.6 Å². The molecule has 0 radical (unpaired) electrons. The molecule has 1 aromatic heterocycles. The molecule has 1 aromatic carbocycles. The molecular formula is C14H18N4. The first kappa shape index (κ1) is 12.4. The summed E-state index contributed by atoms with van der Waals surface area (Å²) in [6.45, 7) is 2.95. The van der Waals surface area contributed by atoms with Crippen LogP contribution in [0.4, 0.5) is 11.8 Å². The van der Waals surface area contributed by atoms with Gasteiger partial charge in [0.15, 0.2) is 0 Å². The minimum absolute atomic E-state index is 0.628. The summed E-state index contributed by atoms with van der Waals surface area (Å²) in [6.07, 6.45) is 2.79. The minimum atomic E-state index is 0.628. The number of anilines is 2. The van der Waals surface area contributed by atoms with Crippen molar-refractivity contribution >= 4 is 11.8 Å². The zero-order valence-electron chi connectivity index (χ0n) is 10.8. The van der Waals surface area contributed by atoms with Crippen LogP contribution in [0.25, 0.3) is 0 Å². The molecule has 2 aromatic rings. The van der Waals surface area contributed by atoms with E-state index >= 15 is 0 Å². The first-order valence-corrected chi connectivity index (χ1v) is 6.15. The van der Waals surface area contributed by atoms with Crippen LogP contribution in [0.3, 0.4) is 0 Å². The topological polar surface area (TPSA) is 49.8 Å². The normalized spacial score (nSPS) is 10.1. The molecule has 0 fully saturated rings. The molecule has 0 saturated heterocycles. The van der Waals surface area contributed by atoms with Gasteiger partial charge in [0.25, 0.3) is 0 Å². The van der Waals surface area contributed by atoms with Gasteiger partial charge in [-0.25, -0.2) is 4.98 Å². The van der Waals surface area contributed by atoms with Crippen molar-refractivity contribution in [3.05, 3.63) is 47.7 Å². The van der Waals surface area contributed by atoms with Crippen LogP contribution in [-0.2, 0) is 13.0 Å². The molecule has 4 nitrogen and oxygen atoms in total. The number of nitrogens with one attached hydrogen (secondary N) is 2. The highest BCUT2D eigenvalue weighted by atomic mass is 15.1. The SMILES string of the molecule is CCc1ccccc1CNc1ccnc(NC)n1. The Labute approximate surface area is 107 Å². The van der Waals surface area contributed by atoms with E-state index in [1.54, 1.807) is 6.20 Å². The summed E-state index contributed by atoms with van der Waals surface area (Å²) >= 11 is 0. The molecule has 0 spiro atoms. The van der Waals surface area contributed by atoms with Crippen LogP contribution >= 0.6 is 0 Å². The molecule has 1 heterocycles.